The van der Waals surface area contributed by atoms with E-state index >= 15 is 0 Å². The summed E-state index contributed by atoms with van der Waals surface area (Å²) in [4.78, 5) is 10.3. The molecule has 4 nitrogen and oxygen atoms in total. The van der Waals surface area contributed by atoms with Crippen LogP contribution in [0.3, 0.4) is 0 Å². The van der Waals surface area contributed by atoms with E-state index < -0.39 is 0 Å². The Labute approximate surface area is 138 Å². The van der Waals surface area contributed by atoms with Crippen LogP contribution in [-0.4, -0.2) is 38.3 Å². The molecule has 1 saturated carbocycles. The summed E-state index contributed by atoms with van der Waals surface area (Å²) in [6.45, 7) is 2.28. The van der Waals surface area contributed by atoms with Crippen LogP contribution < -0.4 is 4.74 Å². The van der Waals surface area contributed by atoms with E-state index in [9.17, 15) is 4.79 Å². The van der Waals surface area contributed by atoms with Gasteiger partial charge >= 0.3 is 0 Å². The first-order valence-corrected chi connectivity index (χ1v) is 8.74. The molecule has 1 aliphatic heterocycles. The third-order valence-corrected chi connectivity index (χ3v) is 4.64. The average molecular weight is 318 g/mol. The molecule has 1 aliphatic carbocycles. The van der Waals surface area contributed by atoms with E-state index in [1.165, 1.54) is 24.8 Å². The predicted octanol–water partition coefficient (Wildman–Crippen LogP) is 3.17. The highest BCUT2D eigenvalue weighted by atomic mass is 16.6. The Balaban J connectivity index is 1.22. The van der Waals surface area contributed by atoms with Crippen molar-refractivity contribution in [2.75, 3.05) is 19.8 Å². The lowest BCUT2D eigenvalue weighted by Gasteiger charge is -2.18. The van der Waals surface area contributed by atoms with Gasteiger partial charge in [-0.25, -0.2) is 0 Å². The molecule has 0 N–H and O–H groups in total. The van der Waals surface area contributed by atoms with E-state index in [4.69, 9.17) is 14.2 Å². The van der Waals surface area contributed by atoms with Crippen molar-refractivity contribution in [1.82, 2.24) is 0 Å². The number of rotatable bonds is 10. The monoisotopic (exact) mass is 318 g/mol. The van der Waals surface area contributed by atoms with Gasteiger partial charge in [-0.2, -0.15) is 0 Å². The van der Waals surface area contributed by atoms with Gasteiger partial charge in [0.15, 0.2) is 0 Å². The van der Waals surface area contributed by atoms with Crippen LogP contribution in [0.2, 0.25) is 0 Å². The van der Waals surface area contributed by atoms with Crippen LogP contribution in [0.4, 0.5) is 0 Å². The number of ether oxygens (including phenoxy) is 3. The summed E-state index contributed by atoms with van der Waals surface area (Å²) in [5.41, 5.74) is 1.17. The molecule has 3 atom stereocenters. The number of aldehydes is 1. The third-order valence-electron chi connectivity index (χ3n) is 4.64. The molecule has 4 heteroatoms. The summed E-state index contributed by atoms with van der Waals surface area (Å²) in [7, 11) is 0. The predicted molar refractivity (Wildman–Crippen MR) is 87.8 cm³/mol. The highest BCUT2D eigenvalue weighted by Gasteiger charge is 2.43. The molecular weight excluding hydrogens is 292 g/mol. The van der Waals surface area contributed by atoms with Crippen LogP contribution in [-0.2, 0) is 20.7 Å². The number of benzene rings is 1. The summed E-state index contributed by atoms with van der Waals surface area (Å²) < 4.78 is 17.0. The fraction of sp³-hybridized carbons (Fsp3) is 0.632. The Hall–Kier alpha value is -1.39. The van der Waals surface area contributed by atoms with Gasteiger partial charge < -0.3 is 19.0 Å². The van der Waals surface area contributed by atoms with Gasteiger partial charge in [0.25, 0.3) is 0 Å². The third kappa shape index (κ3) is 5.33. The largest absolute Gasteiger partial charge is 0.494 e. The molecule has 2 fully saturated rings. The van der Waals surface area contributed by atoms with Crippen LogP contribution in [0.15, 0.2) is 24.3 Å². The molecule has 0 spiro atoms. The molecule has 1 saturated heterocycles. The number of hydrogen-bond acceptors (Lipinski definition) is 4. The second-order valence-corrected chi connectivity index (χ2v) is 6.52. The van der Waals surface area contributed by atoms with Gasteiger partial charge in [-0.15, -0.1) is 0 Å². The Morgan fingerprint density at radius 2 is 2.00 bits per heavy atom. The molecular formula is C19H26O4. The molecule has 1 aromatic carbocycles. The van der Waals surface area contributed by atoms with E-state index in [1.807, 2.05) is 24.3 Å². The molecule has 23 heavy (non-hydrogen) atoms. The van der Waals surface area contributed by atoms with Gasteiger partial charge in [0.1, 0.15) is 12.0 Å². The summed E-state index contributed by atoms with van der Waals surface area (Å²) in [6.07, 6.45) is 7.98. The van der Waals surface area contributed by atoms with Gasteiger partial charge in [0.2, 0.25) is 0 Å². The SMILES string of the molecule is O=CCCc1ccc(OCCCOCC2CCC3OC3C2)cc1. The molecule has 0 bridgehead atoms. The van der Waals surface area contributed by atoms with Crippen molar-refractivity contribution < 1.29 is 19.0 Å². The van der Waals surface area contributed by atoms with E-state index in [0.717, 1.165) is 38.1 Å². The lowest BCUT2D eigenvalue weighted by Crippen LogP contribution is -2.19. The Kier molecular flexibility index (Phi) is 6.06. The quantitative estimate of drug-likeness (QED) is 0.378. The number of hydrogen-bond donors (Lipinski definition) is 0. The number of aryl methyl sites for hydroxylation is 1. The highest BCUT2D eigenvalue weighted by Crippen LogP contribution is 2.39. The van der Waals surface area contributed by atoms with E-state index in [1.54, 1.807) is 0 Å². The average Bonchev–Trinajstić information content (AvgIpc) is 3.36. The first kappa shape index (κ1) is 16.5. The molecule has 1 heterocycles. The molecule has 2 aliphatic rings. The number of carbonyl (C=O) groups excluding carboxylic acids is 1. The van der Waals surface area contributed by atoms with Crippen molar-refractivity contribution >= 4 is 6.29 Å². The van der Waals surface area contributed by atoms with Crippen LogP contribution in [0.5, 0.6) is 5.75 Å². The first-order valence-electron chi connectivity index (χ1n) is 8.74. The summed E-state index contributed by atoms with van der Waals surface area (Å²) in [5.74, 6) is 1.56. The summed E-state index contributed by atoms with van der Waals surface area (Å²) in [5, 5.41) is 0. The molecule has 0 radical (unpaired) electrons. The van der Waals surface area contributed by atoms with Gasteiger partial charge in [-0.1, -0.05) is 12.1 Å². The maximum absolute atomic E-state index is 10.3. The summed E-state index contributed by atoms with van der Waals surface area (Å²) in [6, 6.07) is 7.97. The molecule has 3 unspecified atom stereocenters. The number of epoxide rings is 1. The van der Waals surface area contributed by atoms with Crippen molar-refractivity contribution in [3.63, 3.8) is 0 Å². The van der Waals surface area contributed by atoms with E-state index in [-0.39, 0.29) is 0 Å². The van der Waals surface area contributed by atoms with Gasteiger partial charge in [-0.05, 0) is 49.3 Å². The standard InChI is InChI=1S/C19H26O4/c20-10-1-3-15-4-7-17(8-5-15)22-12-2-11-21-14-16-6-9-18-19(13-16)23-18/h4-5,7-8,10,16,18-19H,1-3,6,9,11-14H2. The zero-order valence-corrected chi connectivity index (χ0v) is 13.6. The molecule has 0 amide bonds. The van der Waals surface area contributed by atoms with Crippen LogP contribution in [0.1, 0.15) is 37.7 Å². The zero-order valence-electron chi connectivity index (χ0n) is 13.6. The normalized spacial score (nSPS) is 25.7. The first-order chi connectivity index (χ1) is 11.3. The second kappa shape index (κ2) is 8.46. The fourth-order valence-corrected chi connectivity index (χ4v) is 3.22. The smallest absolute Gasteiger partial charge is 0.120 e. The molecule has 0 aromatic heterocycles. The fourth-order valence-electron chi connectivity index (χ4n) is 3.22. The topological polar surface area (TPSA) is 48.1 Å². The van der Waals surface area contributed by atoms with Crippen molar-refractivity contribution in [3.05, 3.63) is 29.8 Å². The van der Waals surface area contributed by atoms with Gasteiger partial charge in [0.05, 0.1) is 18.8 Å². The van der Waals surface area contributed by atoms with Crippen LogP contribution >= 0.6 is 0 Å². The van der Waals surface area contributed by atoms with Crippen molar-refractivity contribution in [2.45, 2.75) is 50.7 Å². The maximum Gasteiger partial charge on any atom is 0.120 e. The maximum atomic E-state index is 10.3. The lowest BCUT2D eigenvalue weighted by atomic mass is 9.90. The minimum Gasteiger partial charge on any atom is -0.494 e. The Morgan fingerprint density at radius 3 is 2.78 bits per heavy atom. The minimum atomic E-state index is 0.537. The lowest BCUT2D eigenvalue weighted by molar-refractivity contribution is -0.107. The minimum absolute atomic E-state index is 0.537. The van der Waals surface area contributed by atoms with E-state index in [2.05, 4.69) is 0 Å². The van der Waals surface area contributed by atoms with Crippen LogP contribution in [0, 0.1) is 5.92 Å². The molecule has 126 valence electrons. The second-order valence-electron chi connectivity index (χ2n) is 6.52. The molecule has 1 aromatic rings. The van der Waals surface area contributed by atoms with Gasteiger partial charge in [0, 0.05) is 26.1 Å². The Bertz CT molecular complexity index is 485. The number of fused-ring (bicyclic) bond motifs is 1. The summed E-state index contributed by atoms with van der Waals surface area (Å²) >= 11 is 0. The number of carbonyl (C=O) groups is 1. The Morgan fingerprint density at radius 1 is 1.13 bits per heavy atom. The highest BCUT2D eigenvalue weighted by molar-refractivity contribution is 5.50. The van der Waals surface area contributed by atoms with Crippen LogP contribution in [0.25, 0.3) is 0 Å². The van der Waals surface area contributed by atoms with Crippen molar-refractivity contribution in [3.8, 4) is 5.75 Å². The van der Waals surface area contributed by atoms with E-state index in [0.29, 0.717) is 31.2 Å². The van der Waals surface area contributed by atoms with Gasteiger partial charge in [-0.3, -0.25) is 0 Å². The zero-order chi connectivity index (χ0) is 15.9. The molecule has 3 rings (SSSR count). The van der Waals surface area contributed by atoms with Crippen molar-refractivity contribution in [2.24, 2.45) is 5.92 Å². The van der Waals surface area contributed by atoms with Crippen molar-refractivity contribution in [1.29, 1.82) is 0 Å².